The molecule has 0 amide bonds. The molecule has 2 rings (SSSR count). The fraction of sp³-hybridized carbons (Fsp3) is 0.0769. The second-order valence-corrected chi connectivity index (χ2v) is 5.50. The SMILES string of the molecule is Nc1cc(S(=O)(=O)OCc2ccccc2)ccc1F. The zero-order chi connectivity index (χ0) is 13.9. The predicted octanol–water partition coefficient (Wildman–Crippen LogP) is 2.31. The minimum Gasteiger partial charge on any atom is -0.396 e. The van der Waals surface area contributed by atoms with Crippen molar-refractivity contribution in [1.82, 2.24) is 0 Å². The van der Waals surface area contributed by atoms with Crippen LogP contribution in [0.15, 0.2) is 53.4 Å². The summed E-state index contributed by atoms with van der Waals surface area (Å²) in [5.41, 5.74) is 5.82. The average Bonchev–Trinajstić information content (AvgIpc) is 2.41. The van der Waals surface area contributed by atoms with Gasteiger partial charge < -0.3 is 5.73 Å². The molecule has 2 aromatic rings. The van der Waals surface area contributed by atoms with Gasteiger partial charge in [-0.25, -0.2) is 4.39 Å². The molecule has 0 atom stereocenters. The molecule has 4 nitrogen and oxygen atoms in total. The molecule has 0 aromatic heterocycles. The maximum absolute atomic E-state index is 13.0. The van der Waals surface area contributed by atoms with Gasteiger partial charge in [0, 0.05) is 0 Å². The van der Waals surface area contributed by atoms with Crippen LogP contribution in [0.1, 0.15) is 5.56 Å². The molecular weight excluding hydrogens is 269 g/mol. The molecule has 0 fully saturated rings. The van der Waals surface area contributed by atoms with Crippen LogP contribution in [0.3, 0.4) is 0 Å². The summed E-state index contributed by atoms with van der Waals surface area (Å²) < 4.78 is 41.6. The summed E-state index contributed by atoms with van der Waals surface area (Å²) in [6.45, 7) is -0.0829. The first-order valence-corrected chi connectivity index (χ1v) is 6.88. The van der Waals surface area contributed by atoms with E-state index in [1.54, 1.807) is 24.3 Å². The van der Waals surface area contributed by atoms with Crippen LogP contribution in [-0.4, -0.2) is 8.42 Å². The third kappa shape index (κ3) is 3.30. The summed E-state index contributed by atoms with van der Waals surface area (Å²) in [6, 6.07) is 12.0. The number of hydrogen-bond acceptors (Lipinski definition) is 4. The Morgan fingerprint density at radius 2 is 1.79 bits per heavy atom. The van der Waals surface area contributed by atoms with E-state index in [-0.39, 0.29) is 17.2 Å². The molecule has 0 saturated heterocycles. The Morgan fingerprint density at radius 1 is 1.11 bits per heavy atom. The van der Waals surface area contributed by atoms with Crippen LogP contribution in [0.5, 0.6) is 0 Å². The van der Waals surface area contributed by atoms with Crippen LogP contribution in [0.4, 0.5) is 10.1 Å². The van der Waals surface area contributed by atoms with Crippen LogP contribution in [0.25, 0.3) is 0 Å². The molecule has 0 saturated carbocycles. The highest BCUT2D eigenvalue weighted by molar-refractivity contribution is 7.86. The summed E-state index contributed by atoms with van der Waals surface area (Å²) in [5, 5.41) is 0. The normalized spacial score (nSPS) is 11.4. The quantitative estimate of drug-likeness (QED) is 0.689. The molecule has 100 valence electrons. The van der Waals surface area contributed by atoms with Gasteiger partial charge in [0.15, 0.2) is 0 Å². The number of anilines is 1. The Hall–Kier alpha value is -1.92. The smallest absolute Gasteiger partial charge is 0.297 e. The van der Waals surface area contributed by atoms with Crippen molar-refractivity contribution in [2.45, 2.75) is 11.5 Å². The van der Waals surface area contributed by atoms with Crippen molar-refractivity contribution in [3.8, 4) is 0 Å². The largest absolute Gasteiger partial charge is 0.396 e. The second kappa shape index (κ2) is 5.38. The van der Waals surface area contributed by atoms with Crippen molar-refractivity contribution >= 4 is 15.8 Å². The lowest BCUT2D eigenvalue weighted by atomic mass is 10.2. The number of benzene rings is 2. The van der Waals surface area contributed by atoms with Gasteiger partial charge in [-0.3, -0.25) is 4.18 Å². The summed E-state index contributed by atoms with van der Waals surface area (Å²) in [5.74, 6) is -0.665. The lowest BCUT2D eigenvalue weighted by Gasteiger charge is -2.06. The number of halogens is 1. The Labute approximate surface area is 110 Å². The van der Waals surface area contributed by atoms with Gasteiger partial charge in [0.05, 0.1) is 17.2 Å². The lowest BCUT2D eigenvalue weighted by molar-refractivity contribution is 0.308. The van der Waals surface area contributed by atoms with E-state index in [2.05, 4.69) is 0 Å². The number of rotatable bonds is 4. The summed E-state index contributed by atoms with van der Waals surface area (Å²) >= 11 is 0. The van der Waals surface area contributed by atoms with Crippen molar-refractivity contribution in [3.05, 3.63) is 59.9 Å². The monoisotopic (exact) mass is 281 g/mol. The molecule has 0 aliphatic rings. The molecule has 0 aliphatic carbocycles. The van der Waals surface area contributed by atoms with E-state index in [0.717, 1.165) is 23.8 Å². The van der Waals surface area contributed by atoms with Crippen LogP contribution in [-0.2, 0) is 20.9 Å². The fourth-order valence-corrected chi connectivity index (χ4v) is 2.40. The highest BCUT2D eigenvalue weighted by Crippen LogP contribution is 2.19. The first kappa shape index (κ1) is 13.5. The third-order valence-corrected chi connectivity index (χ3v) is 3.74. The number of hydrogen-bond donors (Lipinski definition) is 1. The van der Waals surface area contributed by atoms with E-state index >= 15 is 0 Å². The first-order valence-electron chi connectivity index (χ1n) is 5.47. The van der Waals surface area contributed by atoms with Crippen molar-refractivity contribution < 1.29 is 17.0 Å². The number of nitrogens with two attached hydrogens (primary N) is 1. The van der Waals surface area contributed by atoms with Gasteiger partial charge in [-0.2, -0.15) is 8.42 Å². The van der Waals surface area contributed by atoms with Crippen LogP contribution < -0.4 is 5.73 Å². The van der Waals surface area contributed by atoms with Crippen molar-refractivity contribution in [2.24, 2.45) is 0 Å². The second-order valence-electron chi connectivity index (χ2n) is 3.89. The molecule has 2 aromatic carbocycles. The van der Waals surface area contributed by atoms with Crippen molar-refractivity contribution in [2.75, 3.05) is 5.73 Å². The molecule has 6 heteroatoms. The van der Waals surface area contributed by atoms with E-state index in [9.17, 15) is 12.8 Å². The van der Waals surface area contributed by atoms with E-state index in [4.69, 9.17) is 9.92 Å². The van der Waals surface area contributed by atoms with E-state index in [1.165, 1.54) is 0 Å². The molecule has 2 N–H and O–H groups in total. The Balaban J connectivity index is 2.16. The van der Waals surface area contributed by atoms with Crippen molar-refractivity contribution in [1.29, 1.82) is 0 Å². The van der Waals surface area contributed by atoms with Gasteiger partial charge in [-0.05, 0) is 23.8 Å². The fourth-order valence-electron chi connectivity index (χ4n) is 1.47. The molecule has 0 bridgehead atoms. The van der Waals surface area contributed by atoms with Crippen LogP contribution >= 0.6 is 0 Å². The first-order chi connectivity index (χ1) is 8.99. The van der Waals surface area contributed by atoms with Gasteiger partial charge >= 0.3 is 0 Å². The number of nitrogen functional groups attached to an aromatic ring is 1. The van der Waals surface area contributed by atoms with Crippen LogP contribution in [0, 0.1) is 5.82 Å². The highest BCUT2D eigenvalue weighted by atomic mass is 32.2. The van der Waals surface area contributed by atoms with Gasteiger partial charge in [0.1, 0.15) is 5.82 Å². The summed E-state index contributed by atoms with van der Waals surface area (Å²) in [7, 11) is -3.94. The zero-order valence-corrected chi connectivity index (χ0v) is 10.7. The lowest BCUT2D eigenvalue weighted by Crippen LogP contribution is -2.07. The maximum Gasteiger partial charge on any atom is 0.297 e. The minimum atomic E-state index is -3.94. The molecule has 0 aliphatic heterocycles. The standard InChI is InChI=1S/C13H12FNO3S/c14-12-7-6-11(8-13(12)15)19(16,17)18-9-10-4-2-1-3-5-10/h1-8H,9,15H2. The van der Waals surface area contributed by atoms with Gasteiger partial charge in [0.25, 0.3) is 10.1 Å². The summed E-state index contributed by atoms with van der Waals surface area (Å²) in [4.78, 5) is -0.165. The molecule has 19 heavy (non-hydrogen) atoms. The molecule has 0 spiro atoms. The Bertz CT molecular complexity index is 672. The van der Waals surface area contributed by atoms with E-state index < -0.39 is 15.9 Å². The average molecular weight is 281 g/mol. The topological polar surface area (TPSA) is 69.4 Å². The van der Waals surface area contributed by atoms with Crippen molar-refractivity contribution in [3.63, 3.8) is 0 Å². The van der Waals surface area contributed by atoms with Gasteiger partial charge in [-0.15, -0.1) is 0 Å². The van der Waals surface area contributed by atoms with Gasteiger partial charge in [0.2, 0.25) is 0 Å². The van der Waals surface area contributed by atoms with Gasteiger partial charge in [-0.1, -0.05) is 30.3 Å². The van der Waals surface area contributed by atoms with Crippen LogP contribution in [0.2, 0.25) is 0 Å². The zero-order valence-electron chi connectivity index (χ0n) is 9.91. The highest BCUT2D eigenvalue weighted by Gasteiger charge is 2.16. The Morgan fingerprint density at radius 3 is 2.42 bits per heavy atom. The molecule has 0 radical (unpaired) electrons. The summed E-state index contributed by atoms with van der Waals surface area (Å²) in [6.07, 6.45) is 0. The molecular formula is C13H12FNO3S. The van der Waals surface area contributed by atoms with E-state index in [1.807, 2.05) is 6.07 Å². The third-order valence-electron chi connectivity index (χ3n) is 2.48. The molecule has 0 heterocycles. The van der Waals surface area contributed by atoms with E-state index in [0.29, 0.717) is 0 Å². The minimum absolute atomic E-state index is 0.0829. The predicted molar refractivity (Wildman–Crippen MR) is 69.2 cm³/mol. The maximum atomic E-state index is 13.0. The Kier molecular flexibility index (Phi) is 3.82. The molecule has 0 unspecified atom stereocenters.